The van der Waals surface area contributed by atoms with E-state index >= 15 is 0 Å². The first-order chi connectivity index (χ1) is 9.42. The highest BCUT2D eigenvalue weighted by Crippen LogP contribution is 2.12. The number of nitrogens with two attached hydrogens (primary N) is 1. The van der Waals surface area contributed by atoms with Crippen LogP contribution in [0.5, 0.6) is 0 Å². The van der Waals surface area contributed by atoms with Gasteiger partial charge in [0.2, 0.25) is 0 Å². The van der Waals surface area contributed by atoms with Crippen LogP contribution in [0.1, 0.15) is 33.1 Å². The Labute approximate surface area is 122 Å². The third-order valence-corrected chi connectivity index (χ3v) is 5.12. The van der Waals surface area contributed by atoms with E-state index in [1.807, 2.05) is 6.92 Å². The summed E-state index contributed by atoms with van der Waals surface area (Å²) in [6, 6.07) is -0.0616. The lowest BCUT2D eigenvalue weighted by atomic mass is 10.1. The fourth-order valence-electron chi connectivity index (χ4n) is 2.39. The fourth-order valence-corrected chi connectivity index (χ4v) is 3.67. The summed E-state index contributed by atoms with van der Waals surface area (Å²) in [6.07, 6.45) is 2.58. The molecule has 0 aromatic heterocycles. The second kappa shape index (κ2) is 7.92. The van der Waals surface area contributed by atoms with Gasteiger partial charge in [-0.2, -0.15) is 12.7 Å². The van der Waals surface area contributed by atoms with Crippen LogP contribution in [0.25, 0.3) is 0 Å². The van der Waals surface area contributed by atoms with Gasteiger partial charge in [0.05, 0.1) is 6.04 Å². The maximum Gasteiger partial charge on any atom is 0.279 e. The molecule has 0 saturated carbocycles. The Bertz CT molecular complexity index is 404. The van der Waals surface area contributed by atoms with E-state index in [0.29, 0.717) is 32.7 Å². The lowest BCUT2D eigenvalue weighted by Crippen LogP contribution is -2.56. The molecule has 0 spiro atoms. The molecule has 20 heavy (non-hydrogen) atoms. The first-order valence-corrected chi connectivity index (χ1v) is 8.69. The van der Waals surface area contributed by atoms with Crippen molar-refractivity contribution in [1.82, 2.24) is 13.9 Å². The van der Waals surface area contributed by atoms with Crippen LogP contribution in [0.2, 0.25) is 0 Å². The SMILES string of the molecule is CCCNS(=O)(=O)N1CCN(C(CCC)C(=N)N)CC1. The minimum Gasteiger partial charge on any atom is -0.386 e. The zero-order valence-corrected chi connectivity index (χ0v) is 13.2. The van der Waals surface area contributed by atoms with Gasteiger partial charge in [0, 0.05) is 32.7 Å². The predicted octanol–water partition coefficient (Wildman–Crippen LogP) is -0.0469. The Hall–Kier alpha value is -0.700. The standard InChI is InChI=1S/C12H27N5O2S/c1-3-5-11(12(13)14)16-7-9-17(10-8-16)20(18,19)15-6-4-2/h11,15H,3-10H2,1-2H3,(H3,13,14). The highest BCUT2D eigenvalue weighted by molar-refractivity contribution is 7.87. The van der Waals surface area contributed by atoms with Crippen molar-refractivity contribution in [3.8, 4) is 0 Å². The number of rotatable bonds is 8. The van der Waals surface area contributed by atoms with Crippen molar-refractivity contribution in [2.24, 2.45) is 5.73 Å². The maximum absolute atomic E-state index is 12.0. The third kappa shape index (κ3) is 4.69. The summed E-state index contributed by atoms with van der Waals surface area (Å²) in [5, 5.41) is 7.65. The molecule has 1 rings (SSSR count). The van der Waals surface area contributed by atoms with Gasteiger partial charge >= 0.3 is 0 Å². The Morgan fingerprint density at radius 1 is 1.25 bits per heavy atom. The maximum atomic E-state index is 12.0. The summed E-state index contributed by atoms with van der Waals surface area (Å²) in [6.45, 7) is 6.61. The molecule has 1 unspecified atom stereocenters. The normalized spacial score (nSPS) is 19.9. The lowest BCUT2D eigenvalue weighted by Gasteiger charge is -2.38. The molecule has 8 heteroatoms. The highest BCUT2D eigenvalue weighted by Gasteiger charge is 2.30. The Morgan fingerprint density at radius 2 is 1.85 bits per heavy atom. The van der Waals surface area contributed by atoms with Crippen LogP contribution in [0.4, 0.5) is 0 Å². The number of hydrogen-bond acceptors (Lipinski definition) is 4. The van der Waals surface area contributed by atoms with Crippen molar-refractivity contribution < 1.29 is 8.42 Å². The molecule has 0 radical (unpaired) electrons. The molecule has 1 aliphatic rings. The summed E-state index contributed by atoms with van der Waals surface area (Å²) >= 11 is 0. The van der Waals surface area contributed by atoms with Crippen molar-refractivity contribution >= 4 is 16.0 Å². The average Bonchev–Trinajstić information content (AvgIpc) is 2.42. The Morgan fingerprint density at radius 3 is 2.30 bits per heavy atom. The van der Waals surface area contributed by atoms with Gasteiger partial charge in [-0.3, -0.25) is 10.3 Å². The molecular formula is C12H27N5O2S. The summed E-state index contributed by atoms with van der Waals surface area (Å²) in [7, 11) is -3.36. The Balaban J connectivity index is 2.56. The largest absolute Gasteiger partial charge is 0.386 e. The minimum atomic E-state index is -3.36. The van der Waals surface area contributed by atoms with E-state index in [-0.39, 0.29) is 11.9 Å². The van der Waals surface area contributed by atoms with Gasteiger partial charge in [0.25, 0.3) is 10.2 Å². The van der Waals surface area contributed by atoms with Crippen molar-refractivity contribution in [1.29, 1.82) is 5.41 Å². The second-order valence-electron chi connectivity index (χ2n) is 5.09. The molecule has 0 aromatic carbocycles. The molecule has 0 bridgehead atoms. The van der Waals surface area contributed by atoms with Crippen molar-refractivity contribution in [2.75, 3.05) is 32.7 Å². The van der Waals surface area contributed by atoms with Crippen LogP contribution < -0.4 is 10.5 Å². The molecule has 0 aromatic rings. The zero-order valence-electron chi connectivity index (χ0n) is 12.4. The van der Waals surface area contributed by atoms with Gasteiger partial charge in [0.1, 0.15) is 5.84 Å². The van der Waals surface area contributed by atoms with E-state index in [9.17, 15) is 8.42 Å². The van der Waals surface area contributed by atoms with Crippen LogP contribution in [-0.2, 0) is 10.2 Å². The molecule has 0 aliphatic carbocycles. The molecular weight excluding hydrogens is 278 g/mol. The molecule has 1 saturated heterocycles. The molecule has 7 nitrogen and oxygen atoms in total. The number of hydrogen-bond donors (Lipinski definition) is 3. The van der Waals surface area contributed by atoms with E-state index in [1.54, 1.807) is 0 Å². The van der Waals surface area contributed by atoms with Gasteiger partial charge in [-0.25, -0.2) is 4.72 Å². The monoisotopic (exact) mass is 305 g/mol. The first kappa shape index (κ1) is 17.4. The van der Waals surface area contributed by atoms with Gasteiger partial charge < -0.3 is 5.73 Å². The van der Waals surface area contributed by atoms with Crippen molar-refractivity contribution in [3.63, 3.8) is 0 Å². The van der Waals surface area contributed by atoms with Crippen LogP contribution in [0.15, 0.2) is 0 Å². The summed E-state index contributed by atoms with van der Waals surface area (Å²) in [4.78, 5) is 2.11. The number of piperazine rings is 1. The van der Waals surface area contributed by atoms with Gasteiger partial charge in [0.15, 0.2) is 0 Å². The number of nitrogens with zero attached hydrogens (tertiary/aromatic N) is 2. The minimum absolute atomic E-state index is 0.0616. The quantitative estimate of drug-likeness (QED) is 0.432. The van der Waals surface area contributed by atoms with E-state index in [1.165, 1.54) is 4.31 Å². The van der Waals surface area contributed by atoms with Crippen LogP contribution in [0, 0.1) is 5.41 Å². The van der Waals surface area contributed by atoms with Crippen LogP contribution >= 0.6 is 0 Å². The number of nitrogens with one attached hydrogen (secondary N) is 2. The first-order valence-electron chi connectivity index (χ1n) is 7.25. The molecule has 1 atom stereocenters. The van der Waals surface area contributed by atoms with E-state index in [2.05, 4.69) is 16.5 Å². The van der Waals surface area contributed by atoms with E-state index < -0.39 is 10.2 Å². The predicted molar refractivity (Wildman–Crippen MR) is 81.0 cm³/mol. The number of amidine groups is 1. The molecule has 118 valence electrons. The molecule has 1 fully saturated rings. The molecule has 1 aliphatic heterocycles. The van der Waals surface area contributed by atoms with Crippen LogP contribution in [-0.4, -0.2) is 62.2 Å². The smallest absolute Gasteiger partial charge is 0.279 e. The molecule has 1 heterocycles. The summed E-state index contributed by atoms with van der Waals surface area (Å²) in [5.74, 6) is 0.173. The van der Waals surface area contributed by atoms with E-state index in [0.717, 1.165) is 19.3 Å². The van der Waals surface area contributed by atoms with Crippen LogP contribution in [0.3, 0.4) is 0 Å². The van der Waals surface area contributed by atoms with Crippen molar-refractivity contribution in [2.45, 2.75) is 39.2 Å². The molecule has 4 N–H and O–H groups in total. The van der Waals surface area contributed by atoms with E-state index in [4.69, 9.17) is 11.1 Å². The topological polar surface area (TPSA) is 103 Å². The zero-order chi connectivity index (χ0) is 15.2. The van der Waals surface area contributed by atoms with Gasteiger partial charge in [-0.1, -0.05) is 20.3 Å². The van der Waals surface area contributed by atoms with Gasteiger partial charge in [-0.15, -0.1) is 0 Å². The fraction of sp³-hybridized carbons (Fsp3) is 0.917. The highest BCUT2D eigenvalue weighted by atomic mass is 32.2. The summed E-state index contributed by atoms with van der Waals surface area (Å²) in [5.41, 5.74) is 5.64. The van der Waals surface area contributed by atoms with Gasteiger partial charge in [-0.05, 0) is 12.8 Å². The lowest BCUT2D eigenvalue weighted by molar-refractivity contribution is 0.160. The second-order valence-corrected chi connectivity index (χ2v) is 6.85. The molecule has 0 amide bonds. The van der Waals surface area contributed by atoms with Crippen molar-refractivity contribution in [3.05, 3.63) is 0 Å². The Kier molecular flexibility index (Phi) is 6.87. The third-order valence-electron chi connectivity index (χ3n) is 3.51. The average molecular weight is 305 g/mol. The summed E-state index contributed by atoms with van der Waals surface area (Å²) < 4.78 is 28.1.